The minimum Gasteiger partial charge on any atom is -0.323 e. The molecule has 0 atom stereocenters. The fourth-order valence-corrected chi connectivity index (χ4v) is 2.42. The average molecular weight is 306 g/mol. The molecule has 0 aliphatic carbocycles. The second kappa shape index (κ2) is 4.70. The van der Waals surface area contributed by atoms with Crippen LogP contribution in [-0.2, 0) is 12.5 Å². The molecule has 0 unspecified atom stereocenters. The van der Waals surface area contributed by atoms with Crippen LogP contribution in [0.5, 0.6) is 0 Å². The Morgan fingerprint density at radius 3 is 2.71 bits per heavy atom. The van der Waals surface area contributed by atoms with Crippen LogP contribution in [0.25, 0.3) is 11.0 Å². The number of aryl methyl sites for hydroxylation is 1. The van der Waals surface area contributed by atoms with Crippen LogP contribution in [-0.4, -0.2) is 29.9 Å². The molecule has 8 heteroatoms. The number of aromatic amines is 1. The first-order valence-corrected chi connectivity index (χ1v) is 6.90. The van der Waals surface area contributed by atoms with Gasteiger partial charge in [-0.15, -0.1) is 0 Å². The fraction of sp³-hybridized carbons (Fsp3) is 0.385. The minimum atomic E-state index is 0.00988. The summed E-state index contributed by atoms with van der Waals surface area (Å²) in [4.78, 5) is 8.27. The van der Waals surface area contributed by atoms with E-state index in [1.54, 1.807) is 6.20 Å². The predicted octanol–water partition coefficient (Wildman–Crippen LogP) is 2.78. The molecule has 3 aromatic heterocycles. The molecule has 0 saturated carbocycles. The molecule has 0 spiro atoms. The number of rotatable bonds is 2. The highest BCUT2D eigenvalue weighted by Gasteiger charge is 2.20. The van der Waals surface area contributed by atoms with E-state index in [2.05, 4.69) is 51.4 Å². The highest BCUT2D eigenvalue weighted by Crippen LogP contribution is 2.27. The second-order valence-electron chi connectivity index (χ2n) is 5.89. The maximum atomic E-state index is 5.92. The Morgan fingerprint density at radius 2 is 2.05 bits per heavy atom. The van der Waals surface area contributed by atoms with Crippen LogP contribution in [0.4, 0.5) is 11.6 Å². The van der Waals surface area contributed by atoms with E-state index in [9.17, 15) is 0 Å². The summed E-state index contributed by atoms with van der Waals surface area (Å²) >= 11 is 5.92. The number of hydrogen-bond donors (Lipinski definition) is 2. The number of nitrogens with one attached hydrogen (secondary N) is 2. The van der Waals surface area contributed by atoms with Gasteiger partial charge in [0.05, 0.1) is 11.6 Å². The number of hydrogen-bond acceptors (Lipinski definition) is 5. The summed E-state index contributed by atoms with van der Waals surface area (Å²) in [6, 6.07) is 2.00. The van der Waals surface area contributed by atoms with Crippen LogP contribution >= 0.6 is 11.6 Å². The Balaban J connectivity index is 2.01. The van der Waals surface area contributed by atoms with Gasteiger partial charge in [0.15, 0.2) is 11.5 Å². The lowest BCUT2D eigenvalue weighted by Crippen LogP contribution is -2.16. The highest BCUT2D eigenvalue weighted by molar-refractivity contribution is 6.28. The molecule has 0 amide bonds. The number of nitrogens with zero attached hydrogens (tertiary/aromatic N) is 5. The monoisotopic (exact) mass is 305 g/mol. The molecular formula is C13H16ClN7. The van der Waals surface area contributed by atoms with Gasteiger partial charge < -0.3 is 5.32 Å². The van der Waals surface area contributed by atoms with E-state index in [4.69, 9.17) is 11.6 Å². The number of halogens is 1. The lowest BCUT2D eigenvalue weighted by atomic mass is 9.92. The molecule has 0 radical (unpaired) electrons. The summed E-state index contributed by atoms with van der Waals surface area (Å²) in [6.07, 6.45) is 1.65. The SMILES string of the molecule is Cn1nc(Nc2nc(Cl)nc3[nH]ncc23)cc1C(C)(C)C. The van der Waals surface area contributed by atoms with Gasteiger partial charge in [-0.25, -0.2) is 0 Å². The molecule has 3 heterocycles. The smallest absolute Gasteiger partial charge is 0.226 e. The quantitative estimate of drug-likeness (QED) is 0.711. The first-order chi connectivity index (χ1) is 9.84. The zero-order valence-electron chi connectivity index (χ0n) is 12.3. The molecule has 3 aromatic rings. The molecule has 110 valence electrons. The van der Waals surface area contributed by atoms with Gasteiger partial charge >= 0.3 is 0 Å². The van der Waals surface area contributed by atoms with E-state index < -0.39 is 0 Å². The Hall–Kier alpha value is -2.15. The van der Waals surface area contributed by atoms with E-state index in [1.807, 2.05) is 17.8 Å². The molecule has 0 aliphatic heterocycles. The predicted molar refractivity (Wildman–Crippen MR) is 81.9 cm³/mol. The third-order valence-electron chi connectivity index (χ3n) is 3.18. The zero-order chi connectivity index (χ0) is 15.2. The summed E-state index contributed by atoms with van der Waals surface area (Å²) in [5.74, 6) is 1.29. The van der Waals surface area contributed by atoms with Gasteiger partial charge in [-0.1, -0.05) is 20.8 Å². The van der Waals surface area contributed by atoms with Gasteiger partial charge in [0.1, 0.15) is 5.82 Å². The van der Waals surface area contributed by atoms with Crippen molar-refractivity contribution in [1.29, 1.82) is 0 Å². The number of H-pyrrole nitrogens is 1. The van der Waals surface area contributed by atoms with Crippen molar-refractivity contribution in [2.75, 3.05) is 5.32 Å². The molecule has 0 saturated heterocycles. The van der Waals surface area contributed by atoms with Crippen molar-refractivity contribution in [3.8, 4) is 0 Å². The second-order valence-corrected chi connectivity index (χ2v) is 6.23. The molecule has 0 fully saturated rings. The lowest BCUT2D eigenvalue weighted by molar-refractivity contribution is 0.523. The van der Waals surface area contributed by atoms with Gasteiger partial charge in [-0.2, -0.15) is 20.2 Å². The number of fused-ring (bicyclic) bond motifs is 1. The molecule has 0 aromatic carbocycles. The van der Waals surface area contributed by atoms with Crippen molar-refractivity contribution < 1.29 is 0 Å². The molecule has 7 nitrogen and oxygen atoms in total. The molecule has 0 bridgehead atoms. The largest absolute Gasteiger partial charge is 0.323 e. The minimum absolute atomic E-state index is 0.00988. The normalized spacial score (nSPS) is 12.0. The maximum absolute atomic E-state index is 5.92. The van der Waals surface area contributed by atoms with Gasteiger partial charge in [-0.3, -0.25) is 9.78 Å². The van der Waals surface area contributed by atoms with Crippen LogP contribution in [0.2, 0.25) is 5.28 Å². The van der Waals surface area contributed by atoms with Gasteiger partial charge in [-0.05, 0) is 11.6 Å². The van der Waals surface area contributed by atoms with Crippen molar-refractivity contribution in [2.45, 2.75) is 26.2 Å². The fourth-order valence-electron chi connectivity index (χ4n) is 2.25. The molecule has 21 heavy (non-hydrogen) atoms. The summed E-state index contributed by atoms with van der Waals surface area (Å²) in [5, 5.41) is 15.3. The van der Waals surface area contributed by atoms with E-state index in [1.165, 1.54) is 0 Å². The van der Waals surface area contributed by atoms with Crippen LogP contribution in [0.1, 0.15) is 26.5 Å². The van der Waals surface area contributed by atoms with Crippen LogP contribution in [0, 0.1) is 0 Å². The van der Waals surface area contributed by atoms with Gasteiger partial charge in [0.2, 0.25) is 5.28 Å². The Labute approximate surface area is 126 Å². The van der Waals surface area contributed by atoms with Gasteiger partial charge in [0, 0.05) is 24.2 Å². The maximum Gasteiger partial charge on any atom is 0.226 e. The van der Waals surface area contributed by atoms with Crippen molar-refractivity contribution in [2.24, 2.45) is 7.05 Å². The van der Waals surface area contributed by atoms with Crippen molar-refractivity contribution >= 4 is 34.3 Å². The summed E-state index contributed by atoms with van der Waals surface area (Å²) in [6.45, 7) is 6.43. The van der Waals surface area contributed by atoms with Crippen molar-refractivity contribution in [3.05, 3.63) is 23.2 Å². The van der Waals surface area contributed by atoms with Crippen molar-refractivity contribution in [1.82, 2.24) is 29.9 Å². The molecule has 3 rings (SSSR count). The summed E-state index contributed by atoms with van der Waals surface area (Å²) in [5.41, 5.74) is 1.72. The summed E-state index contributed by atoms with van der Waals surface area (Å²) in [7, 11) is 1.92. The van der Waals surface area contributed by atoms with Crippen LogP contribution in [0.15, 0.2) is 12.3 Å². The van der Waals surface area contributed by atoms with Gasteiger partial charge in [0.25, 0.3) is 0 Å². The number of anilines is 2. The highest BCUT2D eigenvalue weighted by atomic mass is 35.5. The molecule has 2 N–H and O–H groups in total. The standard InChI is InChI=1S/C13H16ClN7/c1-13(2,3)8-5-9(20-21(8)4)16-10-7-6-15-19-11(7)18-12(14)17-10/h5-6H,1-4H3,(H2,15,16,17,18,19,20). The first-order valence-electron chi connectivity index (χ1n) is 6.53. The van der Waals surface area contributed by atoms with E-state index >= 15 is 0 Å². The van der Waals surface area contributed by atoms with Crippen LogP contribution in [0.3, 0.4) is 0 Å². The van der Waals surface area contributed by atoms with E-state index in [0.29, 0.717) is 17.3 Å². The molecular weight excluding hydrogens is 290 g/mol. The van der Waals surface area contributed by atoms with E-state index in [-0.39, 0.29) is 10.7 Å². The number of aromatic nitrogens is 6. The lowest BCUT2D eigenvalue weighted by Gasteiger charge is -2.17. The Bertz CT molecular complexity index is 797. The van der Waals surface area contributed by atoms with Crippen molar-refractivity contribution in [3.63, 3.8) is 0 Å². The van der Waals surface area contributed by atoms with E-state index in [0.717, 1.165) is 11.1 Å². The third-order valence-corrected chi connectivity index (χ3v) is 3.35. The zero-order valence-corrected chi connectivity index (χ0v) is 13.0. The average Bonchev–Trinajstić information content (AvgIpc) is 2.94. The Morgan fingerprint density at radius 1 is 1.29 bits per heavy atom. The molecule has 0 aliphatic rings. The first kappa shape index (κ1) is 13.8. The van der Waals surface area contributed by atoms with Crippen LogP contribution < -0.4 is 5.32 Å². The summed E-state index contributed by atoms with van der Waals surface area (Å²) < 4.78 is 1.86. The Kier molecular flexibility index (Phi) is 3.09. The topological polar surface area (TPSA) is 84.3 Å². The third kappa shape index (κ3) is 2.56.